The third-order valence-corrected chi connectivity index (χ3v) is 10.8. The van der Waals surface area contributed by atoms with Gasteiger partial charge in [0.25, 0.3) is 0 Å². The maximum absolute atomic E-state index is 10.3. The molecule has 0 aromatic heterocycles. The van der Waals surface area contributed by atoms with Crippen LogP contribution < -0.4 is 0 Å². The van der Waals surface area contributed by atoms with Gasteiger partial charge in [0.2, 0.25) is 0 Å². The molecule has 0 spiro atoms. The molecule has 1 heteroatoms. The molecule has 0 heterocycles. The van der Waals surface area contributed by atoms with Gasteiger partial charge in [-0.25, -0.2) is 0 Å². The summed E-state index contributed by atoms with van der Waals surface area (Å²) in [4.78, 5) is 0. The Morgan fingerprint density at radius 3 is 2.29 bits per heavy atom. The van der Waals surface area contributed by atoms with E-state index in [9.17, 15) is 5.11 Å². The van der Waals surface area contributed by atoms with Crippen molar-refractivity contribution in [1.29, 1.82) is 0 Å². The SMILES string of the molecule is CC(C)CCCC(C)[C@H]1CC[C@H]2[C@@H]3CC[C@H]4C[C@H](O)CC[C@]4(C)[C@H]3CC[C@]12C. The van der Waals surface area contributed by atoms with Gasteiger partial charge in [-0.15, -0.1) is 0 Å². The van der Waals surface area contributed by atoms with Crippen LogP contribution in [-0.2, 0) is 0 Å². The molecule has 4 aliphatic rings. The van der Waals surface area contributed by atoms with Crippen LogP contribution in [0.5, 0.6) is 0 Å². The molecule has 0 aromatic carbocycles. The van der Waals surface area contributed by atoms with Crippen molar-refractivity contribution >= 4 is 0 Å². The lowest BCUT2D eigenvalue weighted by molar-refractivity contribution is -0.129. The molecule has 0 saturated heterocycles. The molecule has 1 unspecified atom stereocenters. The first kappa shape index (κ1) is 21.2. The Morgan fingerprint density at radius 1 is 0.821 bits per heavy atom. The fraction of sp³-hybridized carbons (Fsp3) is 1.00. The molecule has 0 amide bonds. The van der Waals surface area contributed by atoms with Gasteiger partial charge < -0.3 is 5.11 Å². The van der Waals surface area contributed by atoms with Crippen molar-refractivity contribution in [3.05, 3.63) is 0 Å². The van der Waals surface area contributed by atoms with E-state index in [0.29, 0.717) is 10.8 Å². The number of aliphatic hydroxyl groups is 1. The Labute approximate surface area is 175 Å². The van der Waals surface area contributed by atoms with Gasteiger partial charge in [-0.1, -0.05) is 53.9 Å². The van der Waals surface area contributed by atoms with Crippen molar-refractivity contribution in [3.8, 4) is 0 Å². The Hall–Kier alpha value is -0.0400. The second-order valence-electron chi connectivity index (χ2n) is 12.6. The van der Waals surface area contributed by atoms with Crippen molar-refractivity contribution in [2.45, 2.75) is 118 Å². The van der Waals surface area contributed by atoms with Crippen molar-refractivity contribution in [2.24, 2.45) is 52.3 Å². The maximum atomic E-state index is 10.3. The summed E-state index contributed by atoms with van der Waals surface area (Å²) in [7, 11) is 0. The summed E-state index contributed by atoms with van der Waals surface area (Å²) in [5.41, 5.74) is 1.15. The first-order valence-electron chi connectivity index (χ1n) is 12.9. The minimum absolute atomic E-state index is 0.00830. The van der Waals surface area contributed by atoms with Crippen LogP contribution in [0, 0.1) is 52.3 Å². The molecular weight excluding hydrogens is 340 g/mol. The summed E-state index contributed by atoms with van der Waals surface area (Å²) in [6.45, 7) is 12.7. The summed E-state index contributed by atoms with van der Waals surface area (Å²) in [6.07, 6.45) is 16.6. The Kier molecular flexibility index (Phi) is 5.98. The second kappa shape index (κ2) is 7.90. The summed E-state index contributed by atoms with van der Waals surface area (Å²) < 4.78 is 0. The molecule has 0 aromatic rings. The number of rotatable bonds is 5. The number of hydrogen-bond acceptors (Lipinski definition) is 1. The molecule has 4 fully saturated rings. The van der Waals surface area contributed by atoms with E-state index >= 15 is 0 Å². The van der Waals surface area contributed by atoms with E-state index in [0.717, 1.165) is 54.3 Å². The summed E-state index contributed by atoms with van der Waals surface area (Å²) >= 11 is 0. The van der Waals surface area contributed by atoms with Crippen LogP contribution in [0.25, 0.3) is 0 Å². The van der Waals surface area contributed by atoms with E-state index in [1.165, 1.54) is 64.2 Å². The fourth-order valence-electron chi connectivity index (χ4n) is 9.26. The van der Waals surface area contributed by atoms with Gasteiger partial charge in [-0.3, -0.25) is 0 Å². The van der Waals surface area contributed by atoms with E-state index < -0.39 is 0 Å². The van der Waals surface area contributed by atoms with Crippen LogP contribution in [-0.4, -0.2) is 11.2 Å². The normalized spacial score (nSPS) is 49.4. The molecule has 0 bridgehead atoms. The molecule has 9 atom stereocenters. The molecule has 0 radical (unpaired) electrons. The second-order valence-corrected chi connectivity index (χ2v) is 12.6. The zero-order chi connectivity index (χ0) is 20.1. The average molecular weight is 389 g/mol. The highest BCUT2D eigenvalue weighted by Crippen LogP contribution is 2.68. The number of fused-ring (bicyclic) bond motifs is 5. The molecule has 0 aliphatic heterocycles. The van der Waals surface area contributed by atoms with E-state index in [1.807, 2.05) is 0 Å². The van der Waals surface area contributed by atoms with E-state index in [2.05, 4.69) is 34.6 Å². The van der Waals surface area contributed by atoms with Gasteiger partial charge in [0.05, 0.1) is 6.10 Å². The van der Waals surface area contributed by atoms with Gasteiger partial charge in [0.1, 0.15) is 0 Å². The zero-order valence-corrected chi connectivity index (χ0v) is 19.6. The first-order chi connectivity index (χ1) is 13.3. The summed E-state index contributed by atoms with van der Waals surface area (Å²) in [6, 6.07) is 0. The predicted molar refractivity (Wildman–Crippen MR) is 119 cm³/mol. The minimum Gasteiger partial charge on any atom is -0.393 e. The molecule has 1 nitrogen and oxygen atoms in total. The van der Waals surface area contributed by atoms with E-state index in [4.69, 9.17) is 0 Å². The zero-order valence-electron chi connectivity index (χ0n) is 19.6. The average Bonchev–Trinajstić information content (AvgIpc) is 2.99. The Morgan fingerprint density at radius 2 is 1.54 bits per heavy atom. The van der Waals surface area contributed by atoms with Crippen LogP contribution in [0.1, 0.15) is 112 Å². The van der Waals surface area contributed by atoms with Crippen molar-refractivity contribution in [2.75, 3.05) is 0 Å². The highest BCUT2D eigenvalue weighted by Gasteiger charge is 2.60. The van der Waals surface area contributed by atoms with Gasteiger partial charge in [0.15, 0.2) is 0 Å². The third kappa shape index (κ3) is 3.50. The molecule has 28 heavy (non-hydrogen) atoms. The van der Waals surface area contributed by atoms with Crippen LogP contribution in [0.3, 0.4) is 0 Å². The van der Waals surface area contributed by atoms with E-state index in [1.54, 1.807) is 0 Å². The molecule has 1 N–H and O–H groups in total. The highest BCUT2D eigenvalue weighted by molar-refractivity contribution is 5.09. The third-order valence-electron chi connectivity index (χ3n) is 10.8. The van der Waals surface area contributed by atoms with Gasteiger partial charge in [-0.2, -0.15) is 0 Å². The molecule has 4 aliphatic carbocycles. The lowest BCUT2D eigenvalue weighted by Gasteiger charge is -2.61. The summed E-state index contributed by atoms with van der Waals surface area (Å²) in [5.74, 6) is 6.49. The van der Waals surface area contributed by atoms with Crippen molar-refractivity contribution in [1.82, 2.24) is 0 Å². The fourth-order valence-corrected chi connectivity index (χ4v) is 9.26. The van der Waals surface area contributed by atoms with Crippen molar-refractivity contribution < 1.29 is 5.11 Å². The lowest BCUT2D eigenvalue weighted by Crippen LogP contribution is -2.54. The minimum atomic E-state index is -0.00830. The molecular formula is C27H48O. The van der Waals surface area contributed by atoms with Crippen LogP contribution >= 0.6 is 0 Å². The standard InChI is InChI=1S/C27H48O/c1-18(2)7-6-8-19(3)23-11-12-24-22-10-9-20-17-21(28)13-15-26(20,4)25(22)14-16-27(23,24)5/h18-25,28H,6-17H2,1-5H3/t19?,20-,21+,22-,23+,24-,25-,26-,27+/m0/s1. The molecule has 4 saturated carbocycles. The molecule has 162 valence electrons. The maximum Gasteiger partial charge on any atom is 0.0543 e. The molecule has 4 rings (SSSR count). The first-order valence-corrected chi connectivity index (χ1v) is 12.9. The number of hydrogen-bond donors (Lipinski definition) is 1. The van der Waals surface area contributed by atoms with Gasteiger partial charge in [0, 0.05) is 0 Å². The van der Waals surface area contributed by atoms with Crippen molar-refractivity contribution in [3.63, 3.8) is 0 Å². The highest BCUT2D eigenvalue weighted by atomic mass is 16.3. The largest absolute Gasteiger partial charge is 0.393 e. The summed E-state index contributed by atoms with van der Waals surface area (Å²) in [5, 5.41) is 10.3. The predicted octanol–water partition coefficient (Wildman–Crippen LogP) is 7.47. The van der Waals surface area contributed by atoms with E-state index in [-0.39, 0.29) is 6.10 Å². The Bertz CT molecular complexity index is 540. The lowest BCUT2D eigenvalue weighted by atomic mass is 9.44. The monoisotopic (exact) mass is 388 g/mol. The van der Waals surface area contributed by atoms with Crippen LogP contribution in [0.4, 0.5) is 0 Å². The van der Waals surface area contributed by atoms with Gasteiger partial charge >= 0.3 is 0 Å². The van der Waals surface area contributed by atoms with Crippen LogP contribution in [0.2, 0.25) is 0 Å². The Balaban J connectivity index is 1.46. The quantitative estimate of drug-likeness (QED) is 0.518. The van der Waals surface area contributed by atoms with Gasteiger partial charge in [-0.05, 0) is 110 Å². The smallest absolute Gasteiger partial charge is 0.0543 e. The van der Waals surface area contributed by atoms with Crippen LogP contribution in [0.15, 0.2) is 0 Å². The topological polar surface area (TPSA) is 20.2 Å². The number of aliphatic hydroxyl groups excluding tert-OH is 1.